The van der Waals surface area contributed by atoms with Crippen LogP contribution in [0.25, 0.3) is 11.0 Å². The van der Waals surface area contributed by atoms with Gasteiger partial charge < -0.3 is 9.72 Å². The number of imidazole rings is 1. The number of aromatic amines is 1. The summed E-state index contributed by atoms with van der Waals surface area (Å²) in [5, 5.41) is 0. The Bertz CT molecular complexity index is 823. The Morgan fingerprint density at radius 2 is 2.04 bits per heavy atom. The van der Waals surface area contributed by atoms with Crippen LogP contribution in [0.4, 0.5) is 0 Å². The van der Waals surface area contributed by atoms with Crippen LogP contribution in [-0.4, -0.2) is 22.9 Å². The first-order chi connectivity index (χ1) is 11.8. The fraction of sp³-hybridized carbons (Fsp3) is 0.300. The van der Waals surface area contributed by atoms with E-state index in [9.17, 15) is 4.79 Å². The van der Waals surface area contributed by atoms with E-state index in [1.54, 1.807) is 0 Å². The predicted molar refractivity (Wildman–Crippen MR) is 95.7 cm³/mol. The van der Waals surface area contributed by atoms with Crippen LogP contribution in [-0.2, 0) is 12.8 Å². The van der Waals surface area contributed by atoms with Crippen molar-refractivity contribution in [3.63, 3.8) is 0 Å². The number of unbranched alkanes of at least 4 members (excludes halogenated alkanes) is 1. The average molecular weight is 322 g/mol. The molecule has 1 N–H and O–H groups in total. The topological polar surface area (TPSA) is 55.0 Å². The summed E-state index contributed by atoms with van der Waals surface area (Å²) < 4.78 is 5.82. The molecule has 0 amide bonds. The molecule has 24 heavy (non-hydrogen) atoms. The third-order valence-corrected chi connectivity index (χ3v) is 4.11. The van der Waals surface area contributed by atoms with Crippen molar-refractivity contribution in [3.05, 3.63) is 59.4 Å². The van der Waals surface area contributed by atoms with Gasteiger partial charge in [0.15, 0.2) is 12.1 Å². The molecule has 0 radical (unpaired) electrons. The lowest BCUT2D eigenvalue weighted by molar-refractivity contribution is 0.111. The molecule has 124 valence electrons. The second-order valence-corrected chi connectivity index (χ2v) is 5.90. The summed E-state index contributed by atoms with van der Waals surface area (Å²) >= 11 is 0. The lowest BCUT2D eigenvalue weighted by Crippen LogP contribution is -1.98. The summed E-state index contributed by atoms with van der Waals surface area (Å²) in [4.78, 5) is 18.0. The molecule has 0 saturated heterocycles. The van der Waals surface area contributed by atoms with Crippen molar-refractivity contribution in [2.75, 3.05) is 6.61 Å². The lowest BCUT2D eigenvalue weighted by atomic mass is 10.1. The number of hydrogen-bond donors (Lipinski definition) is 1. The number of H-pyrrole nitrogens is 1. The third-order valence-electron chi connectivity index (χ3n) is 4.11. The summed E-state index contributed by atoms with van der Waals surface area (Å²) in [6.07, 6.45) is 4.83. The number of ether oxygens (including phenoxy) is 1. The molecule has 0 unspecified atom stereocenters. The van der Waals surface area contributed by atoms with E-state index in [1.807, 2.05) is 18.2 Å². The van der Waals surface area contributed by atoms with Crippen LogP contribution < -0.4 is 4.74 Å². The Morgan fingerprint density at radius 3 is 2.88 bits per heavy atom. The highest BCUT2D eigenvalue weighted by Gasteiger charge is 2.03. The summed E-state index contributed by atoms with van der Waals surface area (Å²) in [5.74, 6) is 1.33. The fourth-order valence-corrected chi connectivity index (χ4v) is 2.76. The molecular weight excluding hydrogens is 300 g/mol. The Kier molecular flexibility index (Phi) is 5.26. The SMILES string of the molecule is CCc1cccc(OCCCCc2ccc3nc(C=O)[nH]c3c2)c1. The second kappa shape index (κ2) is 7.77. The number of aldehydes is 1. The van der Waals surface area contributed by atoms with Crippen LogP contribution >= 0.6 is 0 Å². The minimum Gasteiger partial charge on any atom is -0.494 e. The van der Waals surface area contributed by atoms with Crippen LogP contribution in [0.3, 0.4) is 0 Å². The van der Waals surface area contributed by atoms with Gasteiger partial charge in [-0.15, -0.1) is 0 Å². The number of carbonyl (C=O) groups excluding carboxylic acids is 1. The van der Waals surface area contributed by atoms with Gasteiger partial charge >= 0.3 is 0 Å². The van der Waals surface area contributed by atoms with Crippen LogP contribution in [0.1, 0.15) is 41.5 Å². The number of aromatic nitrogens is 2. The van der Waals surface area contributed by atoms with Crippen LogP contribution in [0.15, 0.2) is 42.5 Å². The van der Waals surface area contributed by atoms with Gasteiger partial charge in [-0.2, -0.15) is 0 Å². The maximum absolute atomic E-state index is 10.8. The number of carbonyl (C=O) groups is 1. The summed E-state index contributed by atoms with van der Waals surface area (Å²) in [5.41, 5.74) is 4.30. The highest BCUT2D eigenvalue weighted by Crippen LogP contribution is 2.16. The first kappa shape index (κ1) is 16.2. The maximum Gasteiger partial charge on any atom is 0.185 e. The molecule has 0 aliphatic carbocycles. The van der Waals surface area contributed by atoms with Crippen LogP contribution in [0, 0.1) is 0 Å². The van der Waals surface area contributed by atoms with Gasteiger partial charge in [-0.25, -0.2) is 4.98 Å². The summed E-state index contributed by atoms with van der Waals surface area (Å²) in [6, 6.07) is 14.4. The van der Waals surface area contributed by atoms with E-state index in [1.165, 1.54) is 11.1 Å². The van der Waals surface area contributed by atoms with E-state index in [2.05, 4.69) is 41.2 Å². The van der Waals surface area contributed by atoms with Gasteiger partial charge in [0.2, 0.25) is 0 Å². The predicted octanol–water partition coefficient (Wildman–Crippen LogP) is 4.34. The standard InChI is InChI=1S/C20H22N2O2/c1-2-15-7-5-8-17(12-15)24-11-4-3-6-16-9-10-18-19(13-16)22-20(14-23)21-18/h5,7-10,12-14H,2-4,6,11H2,1H3,(H,21,22). The number of nitrogens with one attached hydrogen (secondary N) is 1. The smallest absolute Gasteiger partial charge is 0.185 e. The molecule has 2 aromatic carbocycles. The monoisotopic (exact) mass is 322 g/mol. The number of benzene rings is 2. The maximum atomic E-state index is 10.8. The zero-order chi connectivity index (χ0) is 16.8. The van der Waals surface area contributed by atoms with E-state index in [0.29, 0.717) is 5.82 Å². The first-order valence-electron chi connectivity index (χ1n) is 8.44. The van der Waals surface area contributed by atoms with Crippen molar-refractivity contribution >= 4 is 17.3 Å². The Morgan fingerprint density at radius 1 is 1.12 bits per heavy atom. The molecule has 0 aliphatic heterocycles. The second-order valence-electron chi connectivity index (χ2n) is 5.90. The van der Waals surface area contributed by atoms with Crippen molar-refractivity contribution in [1.82, 2.24) is 9.97 Å². The molecule has 0 aliphatic rings. The van der Waals surface area contributed by atoms with Crippen LogP contribution in [0.5, 0.6) is 5.75 Å². The highest BCUT2D eigenvalue weighted by molar-refractivity contribution is 5.82. The quantitative estimate of drug-likeness (QED) is 0.496. The van der Waals surface area contributed by atoms with E-state index >= 15 is 0 Å². The molecule has 1 aromatic heterocycles. The molecule has 3 aromatic rings. The van der Waals surface area contributed by atoms with Gasteiger partial charge in [0.1, 0.15) is 5.75 Å². The molecule has 0 bridgehead atoms. The van der Waals surface area contributed by atoms with E-state index < -0.39 is 0 Å². The molecule has 3 rings (SSSR count). The van der Waals surface area contributed by atoms with Crippen molar-refractivity contribution < 1.29 is 9.53 Å². The molecule has 0 saturated carbocycles. The zero-order valence-electron chi connectivity index (χ0n) is 13.9. The lowest BCUT2D eigenvalue weighted by Gasteiger charge is -2.07. The first-order valence-corrected chi connectivity index (χ1v) is 8.44. The minimum absolute atomic E-state index is 0.379. The summed E-state index contributed by atoms with van der Waals surface area (Å²) in [7, 11) is 0. The molecule has 1 heterocycles. The Hall–Kier alpha value is -2.62. The third kappa shape index (κ3) is 4.02. The molecule has 0 fully saturated rings. The van der Waals surface area contributed by atoms with Gasteiger partial charge in [0, 0.05) is 0 Å². The van der Waals surface area contributed by atoms with E-state index in [4.69, 9.17) is 4.74 Å². The number of nitrogens with zero attached hydrogens (tertiary/aromatic N) is 1. The highest BCUT2D eigenvalue weighted by atomic mass is 16.5. The van der Waals surface area contributed by atoms with E-state index in [0.717, 1.165) is 55.4 Å². The molecule has 0 atom stereocenters. The van der Waals surface area contributed by atoms with E-state index in [-0.39, 0.29) is 0 Å². The molecule has 4 nitrogen and oxygen atoms in total. The number of rotatable bonds is 8. The van der Waals surface area contributed by atoms with Gasteiger partial charge in [0.05, 0.1) is 17.6 Å². The van der Waals surface area contributed by atoms with Crippen molar-refractivity contribution in [2.24, 2.45) is 0 Å². The van der Waals surface area contributed by atoms with Gasteiger partial charge in [0.25, 0.3) is 0 Å². The Labute approximate surface area is 141 Å². The average Bonchev–Trinajstić information content (AvgIpc) is 3.04. The number of aryl methyl sites for hydroxylation is 2. The minimum atomic E-state index is 0.379. The Balaban J connectivity index is 1.46. The largest absolute Gasteiger partial charge is 0.494 e. The number of hydrogen-bond acceptors (Lipinski definition) is 3. The van der Waals surface area contributed by atoms with Gasteiger partial charge in [-0.05, 0) is 61.1 Å². The van der Waals surface area contributed by atoms with Crippen molar-refractivity contribution in [1.29, 1.82) is 0 Å². The van der Waals surface area contributed by atoms with Gasteiger partial charge in [-0.1, -0.05) is 25.1 Å². The fourth-order valence-electron chi connectivity index (χ4n) is 2.76. The molecule has 0 spiro atoms. The number of fused-ring (bicyclic) bond motifs is 1. The van der Waals surface area contributed by atoms with Gasteiger partial charge in [-0.3, -0.25) is 4.79 Å². The molecular formula is C20H22N2O2. The molecule has 4 heteroatoms. The van der Waals surface area contributed by atoms with Crippen molar-refractivity contribution in [3.8, 4) is 5.75 Å². The summed E-state index contributed by atoms with van der Waals surface area (Å²) in [6.45, 7) is 2.88. The van der Waals surface area contributed by atoms with Crippen molar-refractivity contribution in [2.45, 2.75) is 32.6 Å². The zero-order valence-corrected chi connectivity index (χ0v) is 13.9. The van der Waals surface area contributed by atoms with Crippen LogP contribution in [0.2, 0.25) is 0 Å². The normalized spacial score (nSPS) is 10.9.